The maximum Gasteiger partial charge on any atom is 0.227 e. The molecule has 0 bridgehead atoms. The summed E-state index contributed by atoms with van der Waals surface area (Å²) in [7, 11) is 1.63. The van der Waals surface area contributed by atoms with Crippen molar-refractivity contribution in [2.24, 2.45) is 5.92 Å². The lowest BCUT2D eigenvalue weighted by Gasteiger charge is -2.34. The summed E-state index contributed by atoms with van der Waals surface area (Å²) in [5, 5.41) is 11.0. The summed E-state index contributed by atoms with van der Waals surface area (Å²) in [6.07, 6.45) is 2.66. The first-order valence-corrected chi connectivity index (χ1v) is 7.68. The van der Waals surface area contributed by atoms with Crippen LogP contribution in [0.4, 0.5) is 0 Å². The lowest BCUT2D eigenvalue weighted by Crippen LogP contribution is -2.46. The second-order valence-corrected chi connectivity index (χ2v) is 6.08. The van der Waals surface area contributed by atoms with Crippen molar-refractivity contribution in [1.82, 2.24) is 9.88 Å². The molecule has 5 heteroatoms. The van der Waals surface area contributed by atoms with Crippen LogP contribution in [0.25, 0.3) is 10.9 Å². The standard InChI is InChI=1S/C17H22N2O3/c1-11-5-6-19(10-16(11)20)17(21)7-12-9-18-15-4-3-13(22-2)8-14(12)15/h3-4,8-9,11,16,18,20H,5-7,10H2,1-2H3. The van der Waals surface area contributed by atoms with E-state index in [9.17, 15) is 9.90 Å². The largest absolute Gasteiger partial charge is 0.497 e. The molecule has 0 saturated carbocycles. The number of aliphatic hydroxyl groups excluding tert-OH is 1. The molecule has 1 amide bonds. The minimum atomic E-state index is -0.416. The Morgan fingerprint density at radius 3 is 3.05 bits per heavy atom. The summed E-state index contributed by atoms with van der Waals surface area (Å²) in [4.78, 5) is 17.4. The van der Waals surface area contributed by atoms with Crippen LogP contribution in [0.1, 0.15) is 18.9 Å². The fourth-order valence-electron chi connectivity index (χ4n) is 2.98. The molecule has 22 heavy (non-hydrogen) atoms. The van der Waals surface area contributed by atoms with Gasteiger partial charge in [-0.1, -0.05) is 6.92 Å². The molecule has 2 heterocycles. The van der Waals surface area contributed by atoms with Gasteiger partial charge in [0.2, 0.25) is 5.91 Å². The van der Waals surface area contributed by atoms with Crippen LogP contribution >= 0.6 is 0 Å². The number of nitrogens with one attached hydrogen (secondary N) is 1. The first kappa shape index (κ1) is 14.9. The summed E-state index contributed by atoms with van der Waals surface area (Å²) in [6.45, 7) is 3.19. The van der Waals surface area contributed by atoms with Crippen molar-refractivity contribution in [3.05, 3.63) is 30.0 Å². The van der Waals surface area contributed by atoms with E-state index >= 15 is 0 Å². The predicted molar refractivity (Wildman–Crippen MR) is 84.9 cm³/mol. The van der Waals surface area contributed by atoms with E-state index in [1.807, 2.05) is 31.3 Å². The van der Waals surface area contributed by atoms with Gasteiger partial charge in [-0.3, -0.25) is 4.79 Å². The van der Waals surface area contributed by atoms with Crippen molar-refractivity contribution < 1.29 is 14.6 Å². The fourth-order valence-corrected chi connectivity index (χ4v) is 2.98. The Balaban J connectivity index is 1.76. The SMILES string of the molecule is COc1ccc2[nH]cc(CC(=O)N3CCC(C)C(O)C3)c2c1. The molecule has 2 aromatic rings. The third kappa shape index (κ3) is 2.81. The Labute approximate surface area is 129 Å². The van der Waals surface area contributed by atoms with Crippen LogP contribution in [0.3, 0.4) is 0 Å². The number of aromatic amines is 1. The van der Waals surface area contributed by atoms with Crippen molar-refractivity contribution >= 4 is 16.8 Å². The topological polar surface area (TPSA) is 65.6 Å². The number of aromatic nitrogens is 1. The Kier molecular flexibility index (Phi) is 4.07. The number of aliphatic hydroxyl groups is 1. The average molecular weight is 302 g/mol. The molecule has 1 fully saturated rings. The highest BCUT2D eigenvalue weighted by atomic mass is 16.5. The molecule has 2 N–H and O–H groups in total. The van der Waals surface area contributed by atoms with Crippen molar-refractivity contribution in [3.8, 4) is 5.75 Å². The van der Waals surface area contributed by atoms with Crippen LogP contribution in [-0.2, 0) is 11.2 Å². The normalized spacial score (nSPS) is 22.0. The highest BCUT2D eigenvalue weighted by Crippen LogP contribution is 2.25. The number of amides is 1. The number of hydrogen-bond donors (Lipinski definition) is 2. The lowest BCUT2D eigenvalue weighted by atomic mass is 9.95. The van der Waals surface area contributed by atoms with Gasteiger partial charge in [-0.2, -0.15) is 0 Å². The third-order valence-electron chi connectivity index (χ3n) is 4.59. The van der Waals surface area contributed by atoms with Crippen molar-refractivity contribution in [3.63, 3.8) is 0 Å². The van der Waals surface area contributed by atoms with Gasteiger partial charge in [0.1, 0.15) is 5.75 Å². The van der Waals surface area contributed by atoms with Crippen molar-refractivity contribution in [2.75, 3.05) is 20.2 Å². The van der Waals surface area contributed by atoms with E-state index in [4.69, 9.17) is 4.74 Å². The van der Waals surface area contributed by atoms with E-state index in [-0.39, 0.29) is 11.8 Å². The summed E-state index contributed by atoms with van der Waals surface area (Å²) < 4.78 is 5.25. The van der Waals surface area contributed by atoms with Gasteiger partial charge in [-0.25, -0.2) is 0 Å². The zero-order valence-corrected chi connectivity index (χ0v) is 13.0. The van der Waals surface area contributed by atoms with Gasteiger partial charge in [0.05, 0.1) is 19.6 Å². The molecule has 2 atom stereocenters. The third-order valence-corrected chi connectivity index (χ3v) is 4.59. The molecule has 1 aliphatic rings. The van der Waals surface area contributed by atoms with Gasteiger partial charge < -0.3 is 19.7 Å². The number of piperidine rings is 1. The maximum absolute atomic E-state index is 12.5. The summed E-state index contributed by atoms with van der Waals surface area (Å²) in [5.74, 6) is 1.11. The zero-order chi connectivity index (χ0) is 15.7. The Hall–Kier alpha value is -2.01. The smallest absolute Gasteiger partial charge is 0.227 e. The lowest BCUT2D eigenvalue weighted by molar-refractivity contribution is -0.134. The maximum atomic E-state index is 12.5. The number of methoxy groups -OCH3 is 1. The molecule has 5 nitrogen and oxygen atoms in total. The monoisotopic (exact) mass is 302 g/mol. The van der Waals surface area contributed by atoms with E-state index < -0.39 is 6.10 Å². The number of benzene rings is 1. The molecule has 1 aromatic heterocycles. The molecule has 0 aliphatic carbocycles. The highest BCUT2D eigenvalue weighted by Gasteiger charge is 2.27. The summed E-state index contributed by atoms with van der Waals surface area (Å²) in [5.41, 5.74) is 1.96. The Bertz CT molecular complexity index is 680. The molecular weight excluding hydrogens is 280 g/mol. The number of carbonyl (C=O) groups is 1. The average Bonchev–Trinajstić information content (AvgIpc) is 2.92. The van der Waals surface area contributed by atoms with Crippen LogP contribution < -0.4 is 4.74 Å². The molecule has 0 spiro atoms. The molecular formula is C17H22N2O3. The minimum Gasteiger partial charge on any atom is -0.497 e. The number of H-pyrrole nitrogens is 1. The van der Waals surface area contributed by atoms with Crippen molar-refractivity contribution in [2.45, 2.75) is 25.9 Å². The number of rotatable bonds is 3. The molecule has 1 aliphatic heterocycles. The quantitative estimate of drug-likeness (QED) is 0.911. The van der Waals surface area contributed by atoms with E-state index in [1.165, 1.54) is 0 Å². The summed E-state index contributed by atoms with van der Waals surface area (Å²) in [6, 6.07) is 5.79. The van der Waals surface area contributed by atoms with E-state index in [1.54, 1.807) is 12.0 Å². The van der Waals surface area contributed by atoms with E-state index in [2.05, 4.69) is 4.98 Å². The predicted octanol–water partition coefficient (Wildman–Crippen LogP) is 1.95. The highest BCUT2D eigenvalue weighted by molar-refractivity contribution is 5.89. The van der Waals surface area contributed by atoms with Gasteiger partial charge >= 0.3 is 0 Å². The molecule has 3 rings (SSSR count). The molecule has 0 radical (unpaired) electrons. The molecule has 1 saturated heterocycles. The number of fused-ring (bicyclic) bond motifs is 1. The van der Waals surface area contributed by atoms with Gasteiger partial charge in [-0.15, -0.1) is 0 Å². The first-order chi connectivity index (χ1) is 10.6. The van der Waals surface area contributed by atoms with Crippen molar-refractivity contribution in [1.29, 1.82) is 0 Å². The number of carbonyl (C=O) groups excluding carboxylic acids is 1. The van der Waals surface area contributed by atoms with Crippen LogP contribution in [0, 0.1) is 5.92 Å². The fraction of sp³-hybridized carbons (Fsp3) is 0.471. The second kappa shape index (κ2) is 6.01. The van der Waals surface area contributed by atoms with Gasteiger partial charge in [-0.05, 0) is 36.1 Å². The van der Waals surface area contributed by atoms with Gasteiger partial charge in [0.25, 0.3) is 0 Å². The van der Waals surface area contributed by atoms with Crippen LogP contribution in [0.15, 0.2) is 24.4 Å². The van der Waals surface area contributed by atoms with Gasteiger partial charge in [0.15, 0.2) is 0 Å². The minimum absolute atomic E-state index is 0.0645. The number of likely N-dealkylation sites (tertiary alicyclic amines) is 1. The molecule has 2 unspecified atom stereocenters. The first-order valence-electron chi connectivity index (χ1n) is 7.68. The number of hydrogen-bond acceptors (Lipinski definition) is 3. The number of ether oxygens (including phenoxy) is 1. The zero-order valence-electron chi connectivity index (χ0n) is 13.0. The Morgan fingerprint density at radius 1 is 1.50 bits per heavy atom. The van der Waals surface area contributed by atoms with Crippen LogP contribution in [0.2, 0.25) is 0 Å². The number of nitrogens with zero attached hydrogens (tertiary/aromatic N) is 1. The Morgan fingerprint density at radius 2 is 2.32 bits per heavy atom. The van der Waals surface area contributed by atoms with Crippen LogP contribution in [-0.4, -0.2) is 47.2 Å². The van der Waals surface area contributed by atoms with Gasteiger partial charge in [0, 0.05) is 30.2 Å². The molecule has 118 valence electrons. The van der Waals surface area contributed by atoms with Crippen LogP contribution in [0.5, 0.6) is 5.75 Å². The summed E-state index contributed by atoms with van der Waals surface area (Å²) >= 11 is 0. The second-order valence-electron chi connectivity index (χ2n) is 6.08. The van der Waals surface area contributed by atoms with E-state index in [0.717, 1.165) is 35.2 Å². The number of β-amino-alcohol motifs (C(OH)–C–C–N with tert-alkyl or cyclic N) is 1. The molecule has 1 aromatic carbocycles. The van der Waals surface area contributed by atoms with E-state index in [0.29, 0.717) is 13.0 Å².